The van der Waals surface area contributed by atoms with Crippen molar-refractivity contribution in [1.29, 1.82) is 0 Å². The Kier molecular flexibility index (Phi) is 9.89. The van der Waals surface area contributed by atoms with Crippen LogP contribution in [-0.2, 0) is 16.0 Å². The fourth-order valence-corrected chi connectivity index (χ4v) is 4.91. The number of carbonyl (C=O) groups is 3. The van der Waals surface area contributed by atoms with Crippen molar-refractivity contribution < 1.29 is 37.1 Å². The van der Waals surface area contributed by atoms with Crippen LogP contribution in [0.4, 0.5) is 17.6 Å². The summed E-state index contributed by atoms with van der Waals surface area (Å²) in [4.78, 5) is 50.3. The standard InChI is InChI=1S/C25H32FN5O3.C2HF3O2/c1-4-25(8-5-9-27-25)24(34)31-12-10-30(11-13-31)23(33)19-14-18(6-7-20(19)26)15-21-16(2)17(3)22(32)29-28-21;3-2(4,5)1(6)7/h6-7,14,27H,4-5,8-13,15H2,1-3H3,(H,29,32);(H,6,7)/t25-;/m0./s1. The van der Waals surface area contributed by atoms with Crippen LogP contribution in [0.3, 0.4) is 0 Å². The van der Waals surface area contributed by atoms with Gasteiger partial charge < -0.3 is 20.2 Å². The monoisotopic (exact) mass is 583 g/mol. The number of carboxylic acids is 1. The lowest BCUT2D eigenvalue weighted by Crippen LogP contribution is -2.59. The minimum atomic E-state index is -5.08. The number of aromatic amines is 1. The van der Waals surface area contributed by atoms with Gasteiger partial charge in [0.15, 0.2) is 0 Å². The molecule has 2 fully saturated rings. The lowest BCUT2D eigenvalue weighted by Gasteiger charge is -2.39. The molecular weight excluding hydrogens is 550 g/mol. The molecule has 1 aromatic heterocycles. The van der Waals surface area contributed by atoms with E-state index in [2.05, 4.69) is 15.5 Å². The van der Waals surface area contributed by atoms with E-state index in [4.69, 9.17) is 9.90 Å². The summed E-state index contributed by atoms with van der Waals surface area (Å²) in [5.74, 6) is -3.60. The molecule has 14 heteroatoms. The van der Waals surface area contributed by atoms with Gasteiger partial charge in [-0.25, -0.2) is 14.3 Å². The number of halogens is 4. The molecule has 0 bridgehead atoms. The number of aliphatic carboxylic acids is 1. The number of aromatic nitrogens is 2. The Morgan fingerprint density at radius 2 is 1.68 bits per heavy atom. The minimum Gasteiger partial charge on any atom is -0.475 e. The number of nitrogens with zero attached hydrogens (tertiary/aromatic N) is 3. The molecule has 224 valence electrons. The Balaban J connectivity index is 0.000000587. The number of nitrogens with one attached hydrogen (secondary N) is 2. The zero-order valence-corrected chi connectivity index (χ0v) is 23.0. The molecule has 0 aliphatic carbocycles. The molecule has 3 N–H and O–H groups in total. The smallest absolute Gasteiger partial charge is 0.475 e. The largest absolute Gasteiger partial charge is 0.490 e. The Hall–Kier alpha value is -3.81. The van der Waals surface area contributed by atoms with Crippen LogP contribution in [0.2, 0.25) is 0 Å². The van der Waals surface area contributed by atoms with Crippen LogP contribution in [0.1, 0.15) is 58.9 Å². The fourth-order valence-electron chi connectivity index (χ4n) is 4.91. The summed E-state index contributed by atoms with van der Waals surface area (Å²) in [6, 6.07) is 4.49. The normalized spacial score (nSPS) is 19.0. The molecule has 2 saturated heterocycles. The minimum absolute atomic E-state index is 0.0126. The Bertz CT molecular complexity index is 1350. The molecule has 41 heavy (non-hydrogen) atoms. The average molecular weight is 584 g/mol. The second-order valence-electron chi connectivity index (χ2n) is 10.1. The number of piperazine rings is 1. The van der Waals surface area contributed by atoms with Crippen molar-refractivity contribution in [3.05, 3.63) is 62.3 Å². The zero-order valence-electron chi connectivity index (χ0n) is 23.0. The van der Waals surface area contributed by atoms with Gasteiger partial charge in [-0.3, -0.25) is 14.4 Å². The summed E-state index contributed by atoms with van der Waals surface area (Å²) < 4.78 is 46.4. The van der Waals surface area contributed by atoms with Gasteiger partial charge in [0, 0.05) is 38.2 Å². The van der Waals surface area contributed by atoms with Crippen LogP contribution in [0.15, 0.2) is 23.0 Å². The van der Waals surface area contributed by atoms with Gasteiger partial charge in [0.1, 0.15) is 5.82 Å². The molecule has 1 aromatic carbocycles. The van der Waals surface area contributed by atoms with Crippen molar-refractivity contribution in [3.8, 4) is 0 Å². The third kappa shape index (κ3) is 7.29. The summed E-state index contributed by atoms with van der Waals surface area (Å²) in [5.41, 5.74) is 2.08. The summed E-state index contributed by atoms with van der Waals surface area (Å²) in [7, 11) is 0. The molecule has 0 radical (unpaired) electrons. The van der Waals surface area contributed by atoms with E-state index in [9.17, 15) is 31.9 Å². The number of rotatable bonds is 5. The summed E-state index contributed by atoms with van der Waals surface area (Å²) in [5, 5.41) is 17.1. The van der Waals surface area contributed by atoms with Crippen LogP contribution in [0, 0.1) is 19.7 Å². The van der Waals surface area contributed by atoms with E-state index in [1.165, 1.54) is 6.07 Å². The summed E-state index contributed by atoms with van der Waals surface area (Å²) in [6.45, 7) is 8.05. The molecule has 1 atom stereocenters. The van der Waals surface area contributed by atoms with Crippen molar-refractivity contribution in [2.24, 2.45) is 0 Å². The molecule has 0 unspecified atom stereocenters. The second-order valence-corrected chi connectivity index (χ2v) is 10.1. The third-order valence-electron chi connectivity index (χ3n) is 7.61. The number of H-pyrrole nitrogens is 1. The maximum Gasteiger partial charge on any atom is 0.490 e. The average Bonchev–Trinajstić information content (AvgIpc) is 3.44. The van der Waals surface area contributed by atoms with E-state index in [-0.39, 0.29) is 22.9 Å². The summed E-state index contributed by atoms with van der Waals surface area (Å²) in [6.07, 6.45) is -2.14. The van der Waals surface area contributed by atoms with Crippen molar-refractivity contribution in [2.75, 3.05) is 32.7 Å². The van der Waals surface area contributed by atoms with Crippen molar-refractivity contribution in [1.82, 2.24) is 25.3 Å². The molecule has 0 spiro atoms. The van der Waals surface area contributed by atoms with Crippen LogP contribution in [-0.4, -0.2) is 87.3 Å². The van der Waals surface area contributed by atoms with E-state index >= 15 is 0 Å². The zero-order chi connectivity index (χ0) is 30.5. The summed E-state index contributed by atoms with van der Waals surface area (Å²) >= 11 is 0. The number of benzene rings is 1. The van der Waals surface area contributed by atoms with Crippen LogP contribution >= 0.6 is 0 Å². The number of carboxylic acid groups (broad SMARTS) is 1. The SMILES string of the molecule is CC[C@@]1(C(=O)N2CCN(C(=O)c3cc(Cc4n[nH]c(=O)c(C)c4C)ccc3F)CC2)CCCN1.O=C(O)C(F)(F)F. The molecule has 2 aromatic rings. The highest BCUT2D eigenvalue weighted by Gasteiger charge is 2.42. The van der Waals surface area contributed by atoms with Crippen LogP contribution in [0.25, 0.3) is 0 Å². The highest BCUT2D eigenvalue weighted by Crippen LogP contribution is 2.26. The van der Waals surface area contributed by atoms with Gasteiger partial charge in [-0.2, -0.15) is 18.3 Å². The quantitative estimate of drug-likeness (QED) is 0.461. The topological polar surface area (TPSA) is 136 Å². The first-order chi connectivity index (χ1) is 19.2. The van der Waals surface area contributed by atoms with Gasteiger partial charge in [-0.15, -0.1) is 0 Å². The van der Waals surface area contributed by atoms with E-state index in [1.54, 1.807) is 24.0 Å². The van der Waals surface area contributed by atoms with Gasteiger partial charge >= 0.3 is 12.1 Å². The number of amides is 2. The number of hydrogen-bond donors (Lipinski definition) is 3. The van der Waals surface area contributed by atoms with Crippen LogP contribution in [0.5, 0.6) is 0 Å². The Morgan fingerprint density at radius 3 is 2.22 bits per heavy atom. The van der Waals surface area contributed by atoms with Crippen molar-refractivity contribution >= 4 is 17.8 Å². The van der Waals surface area contributed by atoms with Gasteiger partial charge in [-0.05, 0) is 62.9 Å². The Labute approximate surface area is 233 Å². The molecule has 4 rings (SSSR count). The van der Waals surface area contributed by atoms with E-state index < -0.39 is 23.5 Å². The predicted molar refractivity (Wildman–Crippen MR) is 140 cm³/mol. The lowest BCUT2D eigenvalue weighted by atomic mass is 9.92. The van der Waals surface area contributed by atoms with Crippen LogP contribution < -0.4 is 10.9 Å². The lowest BCUT2D eigenvalue weighted by molar-refractivity contribution is -0.192. The number of hydrogen-bond acceptors (Lipinski definition) is 6. The molecule has 2 aliphatic heterocycles. The predicted octanol–water partition coefficient (Wildman–Crippen LogP) is 2.57. The molecule has 10 nitrogen and oxygen atoms in total. The van der Waals surface area contributed by atoms with Crippen molar-refractivity contribution in [2.45, 2.75) is 58.2 Å². The molecule has 2 amide bonds. The highest BCUT2D eigenvalue weighted by molar-refractivity contribution is 5.95. The second kappa shape index (κ2) is 12.8. The molecular formula is C27H33F4N5O5. The first-order valence-electron chi connectivity index (χ1n) is 13.2. The maximum atomic E-state index is 14.6. The fraction of sp³-hybridized carbons (Fsp3) is 0.519. The van der Waals surface area contributed by atoms with Gasteiger partial charge in [0.2, 0.25) is 5.91 Å². The Morgan fingerprint density at radius 1 is 1.07 bits per heavy atom. The first-order valence-corrected chi connectivity index (χ1v) is 13.2. The highest BCUT2D eigenvalue weighted by atomic mass is 19.4. The van der Waals surface area contributed by atoms with E-state index in [0.717, 1.165) is 36.9 Å². The molecule has 0 saturated carbocycles. The first kappa shape index (κ1) is 31.7. The van der Waals surface area contributed by atoms with Gasteiger partial charge in [-0.1, -0.05) is 13.0 Å². The van der Waals surface area contributed by atoms with Gasteiger partial charge in [0.05, 0.1) is 16.8 Å². The number of carbonyl (C=O) groups excluding carboxylic acids is 2. The van der Waals surface area contributed by atoms with E-state index in [1.807, 2.05) is 18.7 Å². The maximum absolute atomic E-state index is 14.6. The van der Waals surface area contributed by atoms with E-state index in [0.29, 0.717) is 43.9 Å². The molecule has 3 heterocycles. The third-order valence-corrected chi connectivity index (χ3v) is 7.61. The van der Waals surface area contributed by atoms with Crippen molar-refractivity contribution in [3.63, 3.8) is 0 Å². The molecule has 2 aliphatic rings. The number of alkyl halides is 3. The van der Waals surface area contributed by atoms with Gasteiger partial charge in [0.25, 0.3) is 11.5 Å².